The summed E-state index contributed by atoms with van der Waals surface area (Å²) in [6, 6.07) is 18.1. The van der Waals surface area contributed by atoms with E-state index in [-0.39, 0.29) is 0 Å². The number of hydrogen-bond donors (Lipinski definition) is 1. The van der Waals surface area contributed by atoms with E-state index >= 15 is 0 Å². The third kappa shape index (κ3) is 2.46. The van der Waals surface area contributed by atoms with Gasteiger partial charge < -0.3 is 10.1 Å². The largest absolute Gasteiger partial charge is 0.496 e. The molecule has 1 unspecified atom stereocenters. The third-order valence-electron chi connectivity index (χ3n) is 5.93. The molecule has 1 heterocycles. The summed E-state index contributed by atoms with van der Waals surface area (Å²) in [5.74, 6) is 2.98. The fourth-order valence-corrected chi connectivity index (χ4v) is 4.75. The fraction of sp³-hybridized carbons (Fsp3) is 0.429. The zero-order chi connectivity index (χ0) is 15.8. The van der Waals surface area contributed by atoms with Gasteiger partial charge in [0.05, 0.1) is 7.11 Å². The summed E-state index contributed by atoms with van der Waals surface area (Å²) < 4.78 is 5.58. The lowest BCUT2D eigenvalue weighted by molar-refractivity contribution is 0.335. The van der Waals surface area contributed by atoms with Crippen LogP contribution >= 0.6 is 0 Å². The van der Waals surface area contributed by atoms with Gasteiger partial charge in [-0.15, -0.1) is 0 Å². The van der Waals surface area contributed by atoms with Gasteiger partial charge in [-0.05, 0) is 47.4 Å². The molecule has 0 bridgehead atoms. The quantitative estimate of drug-likeness (QED) is 0.921. The molecule has 1 fully saturated rings. The van der Waals surface area contributed by atoms with Gasteiger partial charge in [-0.2, -0.15) is 0 Å². The van der Waals surface area contributed by atoms with E-state index in [9.17, 15) is 0 Å². The van der Waals surface area contributed by atoms with Gasteiger partial charge in [0, 0.05) is 18.5 Å². The van der Waals surface area contributed by atoms with Crippen molar-refractivity contribution < 1.29 is 4.74 Å². The summed E-state index contributed by atoms with van der Waals surface area (Å²) in [6.45, 7) is 3.46. The molecule has 0 aromatic heterocycles. The first-order valence-corrected chi connectivity index (χ1v) is 8.73. The van der Waals surface area contributed by atoms with Gasteiger partial charge in [0.25, 0.3) is 0 Å². The van der Waals surface area contributed by atoms with Gasteiger partial charge in [-0.1, -0.05) is 49.4 Å². The summed E-state index contributed by atoms with van der Waals surface area (Å²) in [6.07, 6.45) is 2.40. The molecule has 2 aliphatic rings. The maximum Gasteiger partial charge on any atom is 0.122 e. The van der Waals surface area contributed by atoms with E-state index in [1.807, 2.05) is 0 Å². The normalized spacial score (nSPS) is 27.1. The van der Waals surface area contributed by atoms with Crippen LogP contribution in [0.25, 0.3) is 0 Å². The van der Waals surface area contributed by atoms with E-state index in [0.29, 0.717) is 17.9 Å². The molecule has 0 saturated carbocycles. The lowest BCUT2D eigenvalue weighted by Crippen LogP contribution is -2.34. The SMILES string of the molecule is COc1cccc2c1CC[C@@H]1C([C@@H](C)c3ccccc3)NC[C@H]21. The molecular formula is C21H25NO. The molecule has 1 saturated heterocycles. The highest BCUT2D eigenvalue weighted by atomic mass is 16.5. The molecule has 0 spiro atoms. The number of rotatable bonds is 3. The Kier molecular flexibility index (Phi) is 3.86. The first-order chi connectivity index (χ1) is 11.3. The molecular weight excluding hydrogens is 282 g/mol. The Morgan fingerprint density at radius 3 is 2.70 bits per heavy atom. The first-order valence-electron chi connectivity index (χ1n) is 8.73. The van der Waals surface area contributed by atoms with Gasteiger partial charge in [0.15, 0.2) is 0 Å². The van der Waals surface area contributed by atoms with Crippen molar-refractivity contribution in [3.63, 3.8) is 0 Å². The second kappa shape index (κ2) is 6.01. The highest BCUT2D eigenvalue weighted by Crippen LogP contribution is 2.46. The molecule has 1 aliphatic heterocycles. The third-order valence-corrected chi connectivity index (χ3v) is 5.93. The Morgan fingerprint density at radius 1 is 1.09 bits per heavy atom. The number of benzene rings is 2. The monoisotopic (exact) mass is 307 g/mol. The molecule has 2 heteroatoms. The van der Waals surface area contributed by atoms with Crippen molar-refractivity contribution in [2.75, 3.05) is 13.7 Å². The summed E-state index contributed by atoms with van der Waals surface area (Å²) in [5, 5.41) is 3.83. The number of methoxy groups -OCH3 is 1. The van der Waals surface area contributed by atoms with E-state index in [0.717, 1.165) is 24.6 Å². The Hall–Kier alpha value is -1.80. The second-order valence-corrected chi connectivity index (χ2v) is 6.97. The number of ether oxygens (including phenoxy) is 1. The van der Waals surface area contributed by atoms with E-state index in [1.165, 1.54) is 23.1 Å². The molecule has 2 aromatic carbocycles. The van der Waals surface area contributed by atoms with Crippen LogP contribution in [-0.4, -0.2) is 19.7 Å². The molecule has 0 amide bonds. The molecule has 1 N–H and O–H groups in total. The smallest absolute Gasteiger partial charge is 0.122 e. The highest BCUT2D eigenvalue weighted by molar-refractivity contribution is 5.45. The average molecular weight is 307 g/mol. The van der Waals surface area contributed by atoms with Crippen LogP contribution in [0.4, 0.5) is 0 Å². The minimum atomic E-state index is 0.554. The van der Waals surface area contributed by atoms with Gasteiger partial charge in [-0.25, -0.2) is 0 Å². The van der Waals surface area contributed by atoms with Gasteiger partial charge >= 0.3 is 0 Å². The number of nitrogens with one attached hydrogen (secondary N) is 1. The first kappa shape index (κ1) is 14.8. The number of fused-ring (bicyclic) bond motifs is 3. The van der Waals surface area contributed by atoms with Crippen molar-refractivity contribution >= 4 is 0 Å². The van der Waals surface area contributed by atoms with Crippen molar-refractivity contribution in [3.8, 4) is 5.75 Å². The molecule has 0 radical (unpaired) electrons. The summed E-state index contributed by atoms with van der Waals surface area (Å²) in [7, 11) is 1.79. The predicted molar refractivity (Wildman–Crippen MR) is 94.2 cm³/mol. The van der Waals surface area contributed by atoms with E-state index in [1.54, 1.807) is 7.11 Å². The Labute approximate surface area is 138 Å². The van der Waals surface area contributed by atoms with Crippen LogP contribution in [0.2, 0.25) is 0 Å². The Bertz CT molecular complexity index is 681. The van der Waals surface area contributed by atoms with Crippen molar-refractivity contribution in [2.24, 2.45) is 5.92 Å². The summed E-state index contributed by atoms with van der Waals surface area (Å²) in [4.78, 5) is 0. The topological polar surface area (TPSA) is 21.3 Å². The molecule has 4 atom stereocenters. The maximum absolute atomic E-state index is 5.58. The van der Waals surface area contributed by atoms with Crippen molar-refractivity contribution in [2.45, 2.75) is 37.6 Å². The molecule has 2 aromatic rings. The lowest BCUT2D eigenvalue weighted by atomic mass is 9.71. The highest BCUT2D eigenvalue weighted by Gasteiger charge is 2.42. The van der Waals surface area contributed by atoms with Gasteiger partial charge in [-0.3, -0.25) is 0 Å². The lowest BCUT2D eigenvalue weighted by Gasteiger charge is -2.34. The van der Waals surface area contributed by atoms with Crippen LogP contribution in [-0.2, 0) is 6.42 Å². The van der Waals surface area contributed by atoms with Crippen molar-refractivity contribution in [1.82, 2.24) is 5.32 Å². The minimum Gasteiger partial charge on any atom is -0.496 e. The summed E-state index contributed by atoms with van der Waals surface area (Å²) in [5.41, 5.74) is 4.39. The predicted octanol–water partition coefficient (Wildman–Crippen LogP) is 4.12. The van der Waals surface area contributed by atoms with Crippen LogP contribution in [0.3, 0.4) is 0 Å². The van der Waals surface area contributed by atoms with E-state index in [4.69, 9.17) is 4.74 Å². The number of hydrogen-bond acceptors (Lipinski definition) is 2. The fourth-order valence-electron chi connectivity index (χ4n) is 4.75. The van der Waals surface area contributed by atoms with Gasteiger partial charge in [0.2, 0.25) is 0 Å². The molecule has 2 nitrogen and oxygen atoms in total. The Balaban J connectivity index is 1.63. The van der Waals surface area contributed by atoms with E-state index in [2.05, 4.69) is 60.8 Å². The standard InChI is InChI=1S/C21H25NO/c1-14(15-7-4-3-5-8-15)21-18-12-11-17-16(19(18)13-22-21)9-6-10-20(17)23-2/h3-10,14,18-19,21-22H,11-13H2,1-2H3/t14-,18-,19+,21?/m0/s1. The van der Waals surface area contributed by atoms with Gasteiger partial charge in [0.1, 0.15) is 5.75 Å². The van der Waals surface area contributed by atoms with Crippen LogP contribution in [0.1, 0.15) is 41.9 Å². The van der Waals surface area contributed by atoms with Crippen molar-refractivity contribution in [1.29, 1.82) is 0 Å². The Morgan fingerprint density at radius 2 is 1.91 bits per heavy atom. The summed E-state index contributed by atoms with van der Waals surface area (Å²) >= 11 is 0. The van der Waals surface area contributed by atoms with Crippen molar-refractivity contribution in [3.05, 3.63) is 65.2 Å². The average Bonchev–Trinajstić information content (AvgIpc) is 3.05. The second-order valence-electron chi connectivity index (χ2n) is 6.97. The van der Waals surface area contributed by atoms with Crippen LogP contribution in [0, 0.1) is 5.92 Å². The maximum atomic E-state index is 5.58. The zero-order valence-corrected chi connectivity index (χ0v) is 14.0. The molecule has 23 heavy (non-hydrogen) atoms. The zero-order valence-electron chi connectivity index (χ0n) is 14.0. The molecule has 4 rings (SSSR count). The van der Waals surface area contributed by atoms with E-state index < -0.39 is 0 Å². The van der Waals surface area contributed by atoms with Crippen LogP contribution in [0.5, 0.6) is 5.75 Å². The minimum absolute atomic E-state index is 0.554. The van der Waals surface area contributed by atoms with Crippen LogP contribution < -0.4 is 10.1 Å². The molecule has 120 valence electrons. The van der Waals surface area contributed by atoms with Crippen LogP contribution in [0.15, 0.2) is 48.5 Å². The molecule has 1 aliphatic carbocycles.